The summed E-state index contributed by atoms with van der Waals surface area (Å²) in [5.74, 6) is 1.82. The third-order valence-electron chi connectivity index (χ3n) is 6.29. The van der Waals surface area contributed by atoms with Crippen molar-refractivity contribution in [2.24, 2.45) is 0 Å². The van der Waals surface area contributed by atoms with Crippen LogP contribution in [0.2, 0.25) is 0 Å². The maximum absolute atomic E-state index is 5.41. The van der Waals surface area contributed by atoms with Crippen LogP contribution in [0.3, 0.4) is 0 Å². The largest absolute Gasteiger partial charge is 0.356 e. The van der Waals surface area contributed by atoms with Crippen LogP contribution in [0.15, 0.2) is 12.3 Å². The minimum Gasteiger partial charge on any atom is -0.356 e. The molecule has 0 spiro atoms. The van der Waals surface area contributed by atoms with Gasteiger partial charge in [0.15, 0.2) is 6.29 Å². The second-order valence-electron chi connectivity index (χ2n) is 8.46. The quantitative estimate of drug-likeness (QED) is 0.664. The second-order valence-corrected chi connectivity index (χ2v) is 8.46. The van der Waals surface area contributed by atoms with Crippen LogP contribution in [0, 0.1) is 0 Å². The molecule has 1 N–H and O–H groups in total. The Labute approximate surface area is 176 Å². The number of nitrogens with zero attached hydrogens (tertiary/aromatic N) is 4. The molecular weight excluding hydrogens is 366 g/mol. The zero-order valence-electron chi connectivity index (χ0n) is 18.5. The Hall–Kier alpha value is -1.44. The highest BCUT2D eigenvalue weighted by Crippen LogP contribution is 2.21. The number of nitrogens with one attached hydrogen (secondary N) is 1. The van der Waals surface area contributed by atoms with E-state index in [-0.39, 0.29) is 6.29 Å². The van der Waals surface area contributed by atoms with Crippen molar-refractivity contribution >= 4 is 11.8 Å². The monoisotopic (exact) mass is 405 g/mol. The van der Waals surface area contributed by atoms with Crippen LogP contribution in [0.25, 0.3) is 0 Å². The number of rotatable bonds is 8. The van der Waals surface area contributed by atoms with Crippen molar-refractivity contribution < 1.29 is 9.47 Å². The standard InChI is InChI=1S/C22H39N5O2/c1-18(16-21(28-2)29-3)27-15-9-6-10-19(17-27)24-22-23-12-11-20(25-22)26-13-7-4-5-8-14-26/h11-12,18-19,21H,4-10,13-17H2,1-3H3,(H,23,24,25). The average Bonchev–Trinajstić information content (AvgIpc) is 3.15. The number of hydrogen-bond acceptors (Lipinski definition) is 7. The van der Waals surface area contributed by atoms with Gasteiger partial charge in [-0.25, -0.2) is 4.98 Å². The maximum atomic E-state index is 5.41. The van der Waals surface area contributed by atoms with Crippen LogP contribution >= 0.6 is 0 Å². The molecule has 2 aliphatic heterocycles. The summed E-state index contributed by atoms with van der Waals surface area (Å²) < 4.78 is 10.8. The molecule has 0 aromatic carbocycles. The third-order valence-corrected chi connectivity index (χ3v) is 6.29. The molecule has 2 unspecified atom stereocenters. The minimum atomic E-state index is -0.145. The first-order valence-corrected chi connectivity index (χ1v) is 11.3. The van der Waals surface area contributed by atoms with Crippen molar-refractivity contribution in [1.29, 1.82) is 0 Å². The van der Waals surface area contributed by atoms with Crippen LogP contribution in [0.4, 0.5) is 11.8 Å². The zero-order chi connectivity index (χ0) is 20.5. The first kappa shape index (κ1) is 22.2. The van der Waals surface area contributed by atoms with Gasteiger partial charge in [0.05, 0.1) is 0 Å². The highest BCUT2D eigenvalue weighted by atomic mass is 16.7. The number of likely N-dealkylation sites (tertiary alicyclic amines) is 1. The highest BCUT2D eigenvalue weighted by Gasteiger charge is 2.24. The summed E-state index contributed by atoms with van der Waals surface area (Å²) in [5.41, 5.74) is 0. The summed E-state index contributed by atoms with van der Waals surface area (Å²) in [6, 6.07) is 2.82. The number of hydrogen-bond donors (Lipinski definition) is 1. The van der Waals surface area contributed by atoms with Gasteiger partial charge in [-0.1, -0.05) is 19.3 Å². The predicted octanol–water partition coefficient (Wildman–Crippen LogP) is 3.52. The molecule has 3 rings (SSSR count). The minimum absolute atomic E-state index is 0.145. The Morgan fingerprint density at radius 3 is 2.52 bits per heavy atom. The van der Waals surface area contributed by atoms with Crippen LogP contribution in [-0.2, 0) is 9.47 Å². The molecule has 2 aliphatic rings. The highest BCUT2D eigenvalue weighted by molar-refractivity contribution is 5.43. The first-order valence-electron chi connectivity index (χ1n) is 11.3. The van der Waals surface area contributed by atoms with E-state index < -0.39 is 0 Å². The van der Waals surface area contributed by atoms with Gasteiger partial charge in [-0.15, -0.1) is 0 Å². The van der Waals surface area contributed by atoms with E-state index in [1.807, 2.05) is 12.3 Å². The van der Waals surface area contributed by atoms with Gasteiger partial charge in [-0.2, -0.15) is 4.98 Å². The predicted molar refractivity (Wildman–Crippen MR) is 117 cm³/mol. The molecule has 1 aromatic heterocycles. The summed E-state index contributed by atoms with van der Waals surface area (Å²) in [4.78, 5) is 14.3. The lowest BCUT2D eigenvalue weighted by atomic mass is 10.1. The second kappa shape index (κ2) is 11.7. The lowest BCUT2D eigenvalue weighted by Gasteiger charge is -2.32. The van der Waals surface area contributed by atoms with Crippen molar-refractivity contribution in [3.05, 3.63) is 12.3 Å². The Morgan fingerprint density at radius 1 is 1.07 bits per heavy atom. The lowest BCUT2D eigenvalue weighted by Crippen LogP contribution is -2.42. The van der Waals surface area contributed by atoms with Crippen LogP contribution in [0.1, 0.15) is 58.3 Å². The fourth-order valence-electron chi connectivity index (χ4n) is 4.48. The summed E-state index contributed by atoms with van der Waals surface area (Å²) in [5, 5.41) is 3.63. The summed E-state index contributed by atoms with van der Waals surface area (Å²) in [6.45, 7) is 6.59. The Morgan fingerprint density at radius 2 is 1.79 bits per heavy atom. The number of methoxy groups -OCH3 is 2. The van der Waals surface area contributed by atoms with Gasteiger partial charge in [0.1, 0.15) is 5.82 Å². The zero-order valence-corrected chi connectivity index (χ0v) is 18.5. The van der Waals surface area contributed by atoms with Crippen LogP contribution < -0.4 is 10.2 Å². The van der Waals surface area contributed by atoms with Gasteiger partial charge in [0.2, 0.25) is 5.95 Å². The molecule has 1 aromatic rings. The molecule has 0 aliphatic carbocycles. The van der Waals surface area contributed by atoms with E-state index in [2.05, 4.69) is 27.0 Å². The van der Waals surface area contributed by atoms with Crippen LogP contribution in [-0.4, -0.2) is 73.6 Å². The van der Waals surface area contributed by atoms with Gasteiger partial charge >= 0.3 is 0 Å². The van der Waals surface area contributed by atoms with E-state index in [9.17, 15) is 0 Å². The van der Waals surface area contributed by atoms with E-state index in [0.717, 1.165) is 50.8 Å². The molecule has 0 amide bonds. The summed E-state index contributed by atoms with van der Waals surface area (Å²) in [7, 11) is 3.42. The first-order chi connectivity index (χ1) is 14.2. The molecule has 2 fully saturated rings. The summed E-state index contributed by atoms with van der Waals surface area (Å²) >= 11 is 0. The van der Waals surface area contributed by atoms with Crippen molar-refractivity contribution in [3.8, 4) is 0 Å². The number of anilines is 2. The van der Waals surface area contributed by atoms with Crippen molar-refractivity contribution in [2.75, 3.05) is 50.6 Å². The molecule has 2 saturated heterocycles. The topological polar surface area (TPSA) is 62.8 Å². The number of aromatic nitrogens is 2. The van der Waals surface area contributed by atoms with E-state index in [4.69, 9.17) is 14.5 Å². The summed E-state index contributed by atoms with van der Waals surface area (Å²) in [6.07, 6.45) is 11.4. The van der Waals surface area contributed by atoms with Gasteiger partial charge < -0.3 is 19.7 Å². The molecule has 7 heteroatoms. The smallest absolute Gasteiger partial charge is 0.224 e. The van der Waals surface area contributed by atoms with E-state index in [0.29, 0.717) is 12.1 Å². The fraction of sp³-hybridized carbons (Fsp3) is 0.818. The molecule has 3 heterocycles. The average molecular weight is 406 g/mol. The SMILES string of the molecule is COC(CC(C)N1CCCCC(Nc2nccc(N3CCCCCC3)n2)C1)OC. The van der Waals surface area contributed by atoms with Crippen molar-refractivity contribution in [3.63, 3.8) is 0 Å². The van der Waals surface area contributed by atoms with E-state index in [1.165, 1.54) is 38.5 Å². The van der Waals surface area contributed by atoms with Crippen molar-refractivity contribution in [1.82, 2.24) is 14.9 Å². The molecule has 0 radical (unpaired) electrons. The Kier molecular flexibility index (Phi) is 8.95. The third kappa shape index (κ3) is 6.79. The van der Waals surface area contributed by atoms with Gasteiger partial charge in [0, 0.05) is 58.6 Å². The van der Waals surface area contributed by atoms with Gasteiger partial charge in [0.25, 0.3) is 0 Å². The van der Waals surface area contributed by atoms with Gasteiger partial charge in [-0.05, 0) is 45.2 Å². The fourth-order valence-corrected chi connectivity index (χ4v) is 4.48. The van der Waals surface area contributed by atoms with E-state index >= 15 is 0 Å². The molecule has 7 nitrogen and oxygen atoms in total. The Bertz CT molecular complexity index is 590. The Balaban J connectivity index is 1.60. The number of ether oxygens (including phenoxy) is 2. The van der Waals surface area contributed by atoms with Crippen LogP contribution in [0.5, 0.6) is 0 Å². The molecule has 0 bridgehead atoms. The molecular formula is C22H39N5O2. The normalized spacial score (nSPS) is 22.9. The molecule has 0 saturated carbocycles. The van der Waals surface area contributed by atoms with Gasteiger partial charge in [-0.3, -0.25) is 4.90 Å². The maximum Gasteiger partial charge on any atom is 0.224 e. The van der Waals surface area contributed by atoms with E-state index in [1.54, 1.807) is 14.2 Å². The molecule has 2 atom stereocenters. The lowest BCUT2D eigenvalue weighted by molar-refractivity contribution is -0.116. The molecule has 164 valence electrons. The van der Waals surface area contributed by atoms with Crippen molar-refractivity contribution in [2.45, 2.75) is 76.7 Å². The molecule has 29 heavy (non-hydrogen) atoms.